The molecule has 2 nitrogen and oxygen atoms in total. The Hall–Kier alpha value is -0.670. The molecule has 2 aliphatic heterocycles. The van der Waals surface area contributed by atoms with Crippen LogP contribution < -0.4 is 17.0 Å². The second kappa shape index (κ2) is 5.14. The van der Waals surface area contributed by atoms with E-state index in [1.807, 2.05) is 0 Å². The average molecular weight is 310 g/mol. The van der Waals surface area contributed by atoms with Gasteiger partial charge in [0.1, 0.15) is 12.3 Å². The molecule has 2 heterocycles. The van der Waals surface area contributed by atoms with Gasteiger partial charge in [0.15, 0.2) is 0 Å². The van der Waals surface area contributed by atoms with E-state index in [-0.39, 0.29) is 17.0 Å². The first kappa shape index (κ1) is 13.8. The molecule has 0 N–H and O–H groups in total. The molecule has 0 aliphatic carbocycles. The van der Waals surface area contributed by atoms with Crippen LogP contribution in [-0.2, 0) is 11.3 Å². The predicted molar refractivity (Wildman–Crippen MR) is 67.4 cm³/mol. The molecule has 2 bridgehead atoms. The molecule has 0 saturated carbocycles. The van der Waals surface area contributed by atoms with E-state index in [1.165, 1.54) is 18.4 Å². The highest BCUT2D eigenvalue weighted by atomic mass is 79.9. The van der Waals surface area contributed by atoms with Gasteiger partial charge < -0.3 is 21.5 Å². The number of halogens is 1. The Balaban J connectivity index is 0.00000120. The number of carbonyl (C=O) groups excluding carboxylic acids is 1. The lowest BCUT2D eigenvalue weighted by molar-refractivity contribution is -0.957. The Morgan fingerprint density at radius 3 is 2.22 bits per heavy atom. The van der Waals surface area contributed by atoms with Crippen LogP contribution in [0, 0.1) is 0 Å². The molecule has 3 atom stereocenters. The maximum Gasteiger partial charge on any atom is 0.144 e. The number of fused-ring (bicyclic) bond motifs is 2. The maximum absolute atomic E-state index is 11.7. The fraction of sp³-hybridized carbons (Fsp3) is 0.533. The standard InChI is InChI=1S/C15H20NO.BrH/c1-16(11-12-5-3-2-4-6-12)13-7-8-14(16)10-15(17)9-13;/h2-6,13-14H,7-11H2,1H3;1H/q+1;/p-1/t13-,14+,16?;. The number of ketones is 1. The molecule has 98 valence electrons. The van der Waals surface area contributed by atoms with Crippen molar-refractivity contribution in [2.75, 3.05) is 7.05 Å². The van der Waals surface area contributed by atoms with Crippen LogP contribution >= 0.6 is 0 Å². The Kier molecular flexibility index (Phi) is 3.93. The summed E-state index contributed by atoms with van der Waals surface area (Å²) >= 11 is 0. The van der Waals surface area contributed by atoms with E-state index >= 15 is 0 Å². The number of piperidine rings is 1. The van der Waals surface area contributed by atoms with Crippen LogP contribution in [0.15, 0.2) is 30.3 Å². The number of hydrogen-bond acceptors (Lipinski definition) is 1. The highest BCUT2D eigenvalue weighted by Crippen LogP contribution is 2.41. The Labute approximate surface area is 119 Å². The van der Waals surface area contributed by atoms with Crippen LogP contribution in [0.3, 0.4) is 0 Å². The lowest BCUT2D eigenvalue weighted by atomic mass is 9.97. The van der Waals surface area contributed by atoms with Crippen molar-refractivity contribution < 1.29 is 26.3 Å². The molecule has 1 unspecified atom stereocenters. The highest BCUT2D eigenvalue weighted by Gasteiger charge is 2.50. The molecule has 3 heteroatoms. The van der Waals surface area contributed by atoms with Crippen LogP contribution in [0.2, 0.25) is 0 Å². The van der Waals surface area contributed by atoms with Gasteiger partial charge in [0, 0.05) is 18.4 Å². The second-order valence-corrected chi connectivity index (χ2v) is 5.82. The molecule has 1 aromatic rings. The van der Waals surface area contributed by atoms with Gasteiger partial charge in [0.2, 0.25) is 0 Å². The lowest BCUT2D eigenvalue weighted by Gasteiger charge is -2.44. The van der Waals surface area contributed by atoms with Crippen molar-refractivity contribution in [3.63, 3.8) is 0 Å². The summed E-state index contributed by atoms with van der Waals surface area (Å²) in [6, 6.07) is 11.8. The molecule has 2 saturated heterocycles. The Morgan fingerprint density at radius 2 is 1.67 bits per heavy atom. The van der Waals surface area contributed by atoms with Gasteiger partial charge in [-0.3, -0.25) is 4.79 Å². The SMILES string of the molecule is C[N+]1(Cc2ccccc2)[C@@H]2CC[C@H]1CC(=O)C2.[Br-]. The maximum atomic E-state index is 11.7. The molecule has 3 rings (SSSR count). The first-order chi connectivity index (χ1) is 8.18. The van der Waals surface area contributed by atoms with Gasteiger partial charge >= 0.3 is 0 Å². The van der Waals surface area contributed by atoms with Crippen molar-refractivity contribution in [3.05, 3.63) is 35.9 Å². The number of rotatable bonds is 2. The summed E-state index contributed by atoms with van der Waals surface area (Å²) in [5.41, 5.74) is 1.40. The molecular formula is C15H20BrNO. The molecule has 0 spiro atoms. The second-order valence-electron chi connectivity index (χ2n) is 5.82. The van der Waals surface area contributed by atoms with Crippen LogP contribution in [0.4, 0.5) is 0 Å². The van der Waals surface area contributed by atoms with E-state index in [4.69, 9.17) is 0 Å². The van der Waals surface area contributed by atoms with Gasteiger partial charge in [-0.2, -0.15) is 0 Å². The minimum Gasteiger partial charge on any atom is -1.00 e. The average Bonchev–Trinajstić information content (AvgIpc) is 2.52. The third-order valence-corrected chi connectivity index (χ3v) is 4.79. The van der Waals surface area contributed by atoms with Crippen molar-refractivity contribution in [1.82, 2.24) is 0 Å². The summed E-state index contributed by atoms with van der Waals surface area (Å²) in [7, 11) is 2.35. The van der Waals surface area contributed by atoms with Gasteiger partial charge in [-0.15, -0.1) is 0 Å². The first-order valence-corrected chi connectivity index (χ1v) is 6.59. The Bertz CT molecular complexity index is 415. The number of nitrogens with zero attached hydrogens (tertiary/aromatic N) is 1. The van der Waals surface area contributed by atoms with Gasteiger partial charge in [0.05, 0.1) is 32.0 Å². The smallest absolute Gasteiger partial charge is 0.144 e. The molecule has 0 amide bonds. The van der Waals surface area contributed by atoms with E-state index in [0.717, 1.165) is 23.9 Å². The van der Waals surface area contributed by atoms with Gasteiger partial charge in [-0.25, -0.2) is 0 Å². The molecule has 2 aliphatic rings. The van der Waals surface area contributed by atoms with Crippen LogP contribution in [0.1, 0.15) is 31.2 Å². The van der Waals surface area contributed by atoms with E-state index in [1.54, 1.807) is 0 Å². The number of benzene rings is 1. The fourth-order valence-corrected chi connectivity index (χ4v) is 3.74. The van der Waals surface area contributed by atoms with Crippen LogP contribution in [0.25, 0.3) is 0 Å². The largest absolute Gasteiger partial charge is 1.00 e. The topological polar surface area (TPSA) is 17.1 Å². The number of quaternary nitrogens is 1. The number of carbonyl (C=O) groups is 1. The van der Waals surface area contributed by atoms with Gasteiger partial charge in [-0.05, 0) is 0 Å². The van der Waals surface area contributed by atoms with Crippen molar-refractivity contribution in [2.45, 2.75) is 44.3 Å². The van der Waals surface area contributed by atoms with E-state index in [2.05, 4.69) is 37.4 Å². The monoisotopic (exact) mass is 309 g/mol. The quantitative estimate of drug-likeness (QED) is 0.675. The van der Waals surface area contributed by atoms with Crippen molar-refractivity contribution in [3.8, 4) is 0 Å². The molecule has 18 heavy (non-hydrogen) atoms. The molecule has 2 fully saturated rings. The summed E-state index contributed by atoms with van der Waals surface area (Å²) in [5.74, 6) is 0.487. The zero-order valence-electron chi connectivity index (χ0n) is 10.8. The molecular weight excluding hydrogens is 290 g/mol. The fourth-order valence-electron chi connectivity index (χ4n) is 3.74. The lowest BCUT2D eigenvalue weighted by Crippen LogP contribution is -3.00. The highest BCUT2D eigenvalue weighted by molar-refractivity contribution is 5.80. The minimum atomic E-state index is 0. The predicted octanol–water partition coefficient (Wildman–Crippen LogP) is -0.469. The zero-order chi connectivity index (χ0) is 11.9. The zero-order valence-corrected chi connectivity index (χ0v) is 12.4. The minimum absolute atomic E-state index is 0. The van der Waals surface area contributed by atoms with Crippen molar-refractivity contribution >= 4 is 5.78 Å². The number of hydrogen-bond donors (Lipinski definition) is 0. The van der Waals surface area contributed by atoms with Crippen LogP contribution in [0.5, 0.6) is 0 Å². The summed E-state index contributed by atoms with van der Waals surface area (Å²) in [6.07, 6.45) is 4.08. The molecule has 0 radical (unpaired) electrons. The molecule has 1 aromatic carbocycles. The van der Waals surface area contributed by atoms with Gasteiger partial charge in [0.25, 0.3) is 0 Å². The summed E-state index contributed by atoms with van der Waals surface area (Å²) in [5, 5.41) is 0. The van der Waals surface area contributed by atoms with E-state index in [0.29, 0.717) is 17.9 Å². The Morgan fingerprint density at radius 1 is 1.11 bits per heavy atom. The van der Waals surface area contributed by atoms with E-state index < -0.39 is 0 Å². The third-order valence-electron chi connectivity index (χ3n) is 4.79. The van der Waals surface area contributed by atoms with Crippen LogP contribution in [-0.4, -0.2) is 29.4 Å². The third kappa shape index (κ3) is 2.26. The van der Waals surface area contributed by atoms with E-state index in [9.17, 15) is 4.79 Å². The summed E-state index contributed by atoms with van der Waals surface area (Å²) in [6.45, 7) is 1.09. The normalized spacial score (nSPS) is 34.2. The summed E-state index contributed by atoms with van der Waals surface area (Å²) in [4.78, 5) is 11.7. The van der Waals surface area contributed by atoms with Crippen molar-refractivity contribution in [2.24, 2.45) is 0 Å². The summed E-state index contributed by atoms with van der Waals surface area (Å²) < 4.78 is 1.09. The number of Topliss-reactive ketones (excluding diaryl/α,β-unsaturated/α-hetero) is 1. The molecule has 0 aromatic heterocycles. The van der Waals surface area contributed by atoms with Crippen molar-refractivity contribution in [1.29, 1.82) is 0 Å². The first-order valence-electron chi connectivity index (χ1n) is 6.59. The van der Waals surface area contributed by atoms with Gasteiger partial charge in [-0.1, -0.05) is 30.3 Å².